The van der Waals surface area contributed by atoms with Crippen LogP contribution in [0.15, 0.2) is 12.3 Å². The lowest BCUT2D eigenvalue weighted by Crippen LogP contribution is -2.46. The molecule has 10 heteroatoms. The van der Waals surface area contributed by atoms with E-state index < -0.39 is 12.0 Å². The summed E-state index contributed by atoms with van der Waals surface area (Å²) in [4.78, 5) is 36.0. The van der Waals surface area contributed by atoms with Crippen LogP contribution < -0.4 is 5.32 Å². The number of carboxylic acid groups (broad SMARTS) is 1. The molecule has 1 amide bonds. The minimum Gasteiger partial charge on any atom is -0.480 e. The van der Waals surface area contributed by atoms with Crippen LogP contribution in [-0.2, 0) is 16.0 Å². The third-order valence-electron chi connectivity index (χ3n) is 5.24. The average Bonchev–Trinajstić information content (AvgIpc) is 3.15. The van der Waals surface area contributed by atoms with Crippen molar-refractivity contribution >= 4 is 40.8 Å². The zero-order valence-electron chi connectivity index (χ0n) is 15.9. The fraction of sp³-hybridized carbons (Fsp3) is 0.474. The summed E-state index contributed by atoms with van der Waals surface area (Å²) < 4.78 is 5.37. The van der Waals surface area contributed by atoms with E-state index in [1.165, 1.54) is 23.2 Å². The Kier molecular flexibility index (Phi) is 5.71. The van der Waals surface area contributed by atoms with E-state index in [4.69, 9.17) is 16.3 Å². The maximum atomic E-state index is 12.8. The van der Waals surface area contributed by atoms with Gasteiger partial charge in [0.1, 0.15) is 11.7 Å². The number of halogens is 1. The van der Waals surface area contributed by atoms with Gasteiger partial charge >= 0.3 is 5.97 Å². The first-order valence-corrected chi connectivity index (χ1v) is 10.7. The Morgan fingerprint density at radius 2 is 2.21 bits per heavy atom. The number of ether oxygens (including phenoxy) is 1. The molecule has 0 radical (unpaired) electrons. The molecule has 4 heterocycles. The predicted molar refractivity (Wildman–Crippen MR) is 110 cm³/mol. The number of hydrogen-bond donors (Lipinski definition) is 2. The number of aliphatic carboxylic acids is 1. The lowest BCUT2D eigenvalue weighted by atomic mass is 10.1. The van der Waals surface area contributed by atoms with Gasteiger partial charge in [0.05, 0.1) is 21.7 Å². The number of carbonyl (C=O) groups excluding carboxylic acids is 1. The summed E-state index contributed by atoms with van der Waals surface area (Å²) in [6, 6.07) is 1.15. The van der Waals surface area contributed by atoms with Crippen molar-refractivity contribution in [1.82, 2.24) is 14.9 Å². The van der Waals surface area contributed by atoms with Crippen molar-refractivity contribution in [3.63, 3.8) is 0 Å². The van der Waals surface area contributed by atoms with E-state index in [9.17, 15) is 14.7 Å². The molecule has 2 N–H and O–H groups in total. The predicted octanol–water partition coefficient (Wildman–Crippen LogP) is 2.92. The Hall–Kier alpha value is -2.23. The zero-order valence-corrected chi connectivity index (χ0v) is 17.4. The van der Waals surface area contributed by atoms with Crippen LogP contribution in [0.1, 0.15) is 35.0 Å². The first-order valence-electron chi connectivity index (χ1n) is 9.47. The first-order chi connectivity index (χ1) is 13.9. The van der Waals surface area contributed by atoms with Crippen LogP contribution in [0.25, 0.3) is 10.6 Å². The van der Waals surface area contributed by atoms with Gasteiger partial charge in [0.15, 0.2) is 0 Å². The number of aromatic nitrogens is 2. The third kappa shape index (κ3) is 4.08. The normalized spacial score (nSPS) is 18.4. The molecule has 0 bridgehead atoms. The smallest absolute Gasteiger partial charge is 0.326 e. The van der Waals surface area contributed by atoms with Crippen molar-refractivity contribution in [2.24, 2.45) is 0 Å². The van der Waals surface area contributed by atoms with Crippen molar-refractivity contribution in [1.29, 1.82) is 0 Å². The minimum absolute atomic E-state index is 0.252. The van der Waals surface area contributed by atoms with Crippen LogP contribution in [0.5, 0.6) is 0 Å². The molecule has 0 aliphatic carbocycles. The molecule has 1 unspecified atom stereocenters. The number of fused-ring (bicyclic) bond motifs is 1. The van der Waals surface area contributed by atoms with Crippen molar-refractivity contribution < 1.29 is 19.4 Å². The number of carboxylic acids is 1. The van der Waals surface area contributed by atoms with E-state index >= 15 is 0 Å². The van der Waals surface area contributed by atoms with Crippen LogP contribution in [0.4, 0.5) is 5.95 Å². The molecule has 154 valence electrons. The highest BCUT2D eigenvalue weighted by molar-refractivity contribution is 7.16. The lowest BCUT2D eigenvalue weighted by molar-refractivity contribution is -0.141. The van der Waals surface area contributed by atoms with Crippen LogP contribution in [-0.4, -0.2) is 63.7 Å². The van der Waals surface area contributed by atoms with E-state index in [-0.39, 0.29) is 11.9 Å². The second kappa shape index (κ2) is 8.25. The van der Waals surface area contributed by atoms with Gasteiger partial charge < -0.3 is 20.1 Å². The highest BCUT2D eigenvalue weighted by atomic mass is 35.5. The Balaban J connectivity index is 1.60. The fourth-order valence-corrected chi connectivity index (χ4v) is 4.92. The number of thiophene rings is 1. The topological polar surface area (TPSA) is 105 Å². The van der Waals surface area contributed by atoms with E-state index in [1.54, 1.807) is 12.3 Å². The molecule has 1 atom stereocenters. The quantitative estimate of drug-likeness (QED) is 0.742. The largest absolute Gasteiger partial charge is 0.480 e. The molecular weight excluding hydrogens is 416 g/mol. The molecule has 1 fully saturated rings. The second-order valence-corrected chi connectivity index (χ2v) is 8.68. The van der Waals surface area contributed by atoms with E-state index in [2.05, 4.69) is 15.3 Å². The monoisotopic (exact) mass is 436 g/mol. The summed E-state index contributed by atoms with van der Waals surface area (Å²) >= 11 is 7.82. The summed E-state index contributed by atoms with van der Waals surface area (Å²) in [5.41, 5.74) is 1.10. The number of rotatable bonds is 5. The summed E-state index contributed by atoms with van der Waals surface area (Å²) in [6.07, 6.45) is 3.95. The lowest BCUT2D eigenvalue weighted by Gasteiger charge is -2.29. The molecule has 8 nitrogen and oxygen atoms in total. The summed E-state index contributed by atoms with van der Waals surface area (Å²) in [5.74, 6) is -0.788. The standard InChI is InChI=1S/C19H21ClN4O4S/c1-10(18(26)27)24-5-2-14-12(17(24)25)8-15(29-14)16-13(20)9-21-19(23-16)22-11-3-6-28-7-4-11/h8-11H,2-7H2,1H3,(H,26,27)(H,21,22,23). The summed E-state index contributed by atoms with van der Waals surface area (Å²) in [6.45, 7) is 3.33. The Bertz CT molecular complexity index is 944. The van der Waals surface area contributed by atoms with E-state index in [0.29, 0.717) is 48.4 Å². The summed E-state index contributed by atoms with van der Waals surface area (Å²) in [7, 11) is 0. The van der Waals surface area contributed by atoms with Crippen LogP contribution >= 0.6 is 22.9 Å². The van der Waals surface area contributed by atoms with Gasteiger partial charge in [0.25, 0.3) is 5.91 Å². The fourth-order valence-electron chi connectivity index (χ4n) is 3.53. The van der Waals surface area contributed by atoms with Gasteiger partial charge in [-0.15, -0.1) is 11.3 Å². The van der Waals surface area contributed by atoms with Crippen molar-refractivity contribution in [2.45, 2.75) is 38.3 Å². The Morgan fingerprint density at radius 1 is 1.45 bits per heavy atom. The number of amides is 1. The van der Waals surface area contributed by atoms with Gasteiger partial charge in [0, 0.05) is 37.1 Å². The molecule has 2 aliphatic rings. The Labute approximate surface area is 176 Å². The highest BCUT2D eigenvalue weighted by Crippen LogP contribution is 2.37. The van der Waals surface area contributed by atoms with Crippen molar-refractivity contribution in [3.8, 4) is 10.6 Å². The molecule has 0 saturated carbocycles. The van der Waals surface area contributed by atoms with Crippen molar-refractivity contribution in [3.05, 3.63) is 27.7 Å². The number of nitrogens with zero attached hydrogens (tertiary/aromatic N) is 3. The van der Waals surface area contributed by atoms with Crippen LogP contribution in [0, 0.1) is 0 Å². The average molecular weight is 437 g/mol. The summed E-state index contributed by atoms with van der Waals surface area (Å²) in [5, 5.41) is 13.0. The SMILES string of the molecule is CC(C(=O)O)N1CCc2sc(-c3nc(NC4CCOCC4)ncc3Cl)cc2C1=O. The minimum atomic E-state index is -1.01. The number of nitrogens with one attached hydrogen (secondary N) is 1. The zero-order chi connectivity index (χ0) is 20.5. The number of anilines is 1. The van der Waals surface area contributed by atoms with Gasteiger partial charge in [-0.05, 0) is 25.8 Å². The molecule has 4 rings (SSSR count). The molecule has 29 heavy (non-hydrogen) atoms. The third-order valence-corrected chi connectivity index (χ3v) is 6.72. The molecule has 0 aromatic carbocycles. The van der Waals surface area contributed by atoms with Crippen molar-refractivity contribution in [2.75, 3.05) is 25.1 Å². The van der Waals surface area contributed by atoms with Crippen LogP contribution in [0.2, 0.25) is 5.02 Å². The van der Waals surface area contributed by atoms with Gasteiger partial charge in [0.2, 0.25) is 5.95 Å². The molecule has 1 saturated heterocycles. The molecule has 2 aromatic rings. The first kappa shape index (κ1) is 20.1. The molecular formula is C19H21ClN4O4S. The maximum Gasteiger partial charge on any atom is 0.326 e. The molecule has 2 aliphatic heterocycles. The molecule has 2 aromatic heterocycles. The van der Waals surface area contributed by atoms with Gasteiger partial charge in [-0.2, -0.15) is 0 Å². The van der Waals surface area contributed by atoms with Gasteiger partial charge in [-0.1, -0.05) is 11.6 Å². The Morgan fingerprint density at radius 3 is 2.93 bits per heavy atom. The highest BCUT2D eigenvalue weighted by Gasteiger charge is 2.33. The number of carbonyl (C=O) groups is 2. The van der Waals surface area contributed by atoms with Gasteiger partial charge in [-0.3, -0.25) is 4.79 Å². The molecule has 0 spiro atoms. The van der Waals surface area contributed by atoms with E-state index in [0.717, 1.165) is 22.6 Å². The second-order valence-electron chi connectivity index (χ2n) is 7.13. The van der Waals surface area contributed by atoms with E-state index in [1.807, 2.05) is 0 Å². The number of hydrogen-bond acceptors (Lipinski definition) is 7. The van der Waals surface area contributed by atoms with Gasteiger partial charge in [-0.25, -0.2) is 14.8 Å². The van der Waals surface area contributed by atoms with Crippen LogP contribution in [0.3, 0.4) is 0 Å². The maximum absolute atomic E-state index is 12.8.